The Morgan fingerprint density at radius 2 is 2.09 bits per heavy atom. The number of ether oxygens (including phenoxy) is 1. The first kappa shape index (κ1) is 15.5. The van der Waals surface area contributed by atoms with Crippen molar-refractivity contribution in [2.75, 3.05) is 6.61 Å². The number of nitrogens with zero attached hydrogens (tertiary/aromatic N) is 2. The second-order valence-electron chi connectivity index (χ2n) is 5.54. The van der Waals surface area contributed by atoms with Gasteiger partial charge in [-0.2, -0.15) is 18.3 Å². The van der Waals surface area contributed by atoms with Crippen LogP contribution in [-0.2, 0) is 21.8 Å². The van der Waals surface area contributed by atoms with Gasteiger partial charge in [0.2, 0.25) is 0 Å². The van der Waals surface area contributed by atoms with Crippen LogP contribution in [-0.4, -0.2) is 36.8 Å². The Morgan fingerprint density at radius 1 is 1.50 bits per heavy atom. The van der Waals surface area contributed by atoms with Crippen LogP contribution in [0.15, 0.2) is 6.20 Å². The maximum absolute atomic E-state index is 13.4. The Balaban J connectivity index is 3.40. The summed E-state index contributed by atoms with van der Waals surface area (Å²) >= 11 is 0. The van der Waals surface area contributed by atoms with Gasteiger partial charge >= 0.3 is 12.1 Å². The summed E-state index contributed by atoms with van der Waals surface area (Å²) in [6.07, 6.45) is -5.51. The molecule has 0 spiro atoms. The molecule has 0 aromatic carbocycles. The molecule has 22 heavy (non-hydrogen) atoms. The maximum Gasteiger partial charge on any atom is 0.433 e. The predicted octanol–water partition coefficient (Wildman–Crippen LogP) is 3.32. The minimum atomic E-state index is -4.98. The molecule has 0 aliphatic carbocycles. The largest absolute Gasteiger partial charge is 0.462 e. The molecule has 0 unspecified atom stereocenters. The fraction of sp³-hybridized carbons (Fsp3) is 0.692. The van der Waals surface area contributed by atoms with E-state index >= 15 is 0 Å². The summed E-state index contributed by atoms with van der Waals surface area (Å²) in [6, 6.07) is 0. The second-order valence-corrected chi connectivity index (χ2v) is 10.00. The van der Waals surface area contributed by atoms with E-state index in [2.05, 4.69) is 9.84 Å². The summed E-state index contributed by atoms with van der Waals surface area (Å²) in [5.74, 6) is -1.20. The zero-order chi connectivity index (χ0) is 18.9. The maximum atomic E-state index is 13.4. The minimum Gasteiger partial charge on any atom is -0.462 e. The third kappa shape index (κ3) is 5.13. The average molecular weight is 340 g/mol. The average Bonchev–Trinajstić information content (AvgIpc) is 2.82. The van der Waals surface area contributed by atoms with Crippen LogP contribution in [0.5, 0.6) is 0 Å². The topological polar surface area (TPSA) is 53.4 Å². The Kier molecular flexibility index (Phi) is 4.82. The van der Waals surface area contributed by atoms with E-state index in [9.17, 15) is 18.0 Å². The van der Waals surface area contributed by atoms with Crippen LogP contribution in [0.1, 0.15) is 32.6 Å². The van der Waals surface area contributed by atoms with Crippen LogP contribution in [0.25, 0.3) is 0 Å². The highest BCUT2D eigenvalue weighted by Gasteiger charge is 2.41. The molecular weight excluding hydrogens is 317 g/mol. The van der Waals surface area contributed by atoms with Crippen LogP contribution < -0.4 is 0 Å². The van der Waals surface area contributed by atoms with Crippen molar-refractivity contribution in [2.45, 2.75) is 52.3 Å². The summed E-state index contributed by atoms with van der Waals surface area (Å²) in [6.45, 7) is 5.45. The molecule has 0 saturated carbocycles. The molecule has 0 radical (unpaired) electrons. The van der Waals surface area contributed by atoms with Gasteiger partial charge in [-0.1, -0.05) is 0 Å². The summed E-state index contributed by atoms with van der Waals surface area (Å²) in [5.41, 5.74) is -2.31. The third-order valence-electron chi connectivity index (χ3n) is 2.37. The van der Waals surface area contributed by atoms with Gasteiger partial charge in [-0.3, -0.25) is 4.68 Å². The number of hydrogen-bond donors (Lipinski definition) is 0. The molecule has 126 valence electrons. The van der Waals surface area contributed by atoms with Crippen LogP contribution in [0.4, 0.5) is 13.2 Å². The van der Waals surface area contributed by atoms with E-state index < -0.39 is 44.3 Å². The Hall–Kier alpha value is -1.35. The van der Waals surface area contributed by atoms with E-state index in [-0.39, 0.29) is 11.3 Å². The van der Waals surface area contributed by atoms with Crippen molar-refractivity contribution in [1.29, 1.82) is 0 Å². The van der Waals surface area contributed by atoms with Crippen LogP contribution in [0, 0.1) is 0 Å². The molecule has 0 bridgehead atoms. The quantitative estimate of drug-likeness (QED) is 0.589. The summed E-state index contributed by atoms with van der Waals surface area (Å²) in [5, 5.41) is 3.46. The molecule has 5 nitrogen and oxygen atoms in total. The molecule has 0 fully saturated rings. The SMILES string of the molecule is [2H]C([2H])([C@H](C)O[Si](C)(C)C)n1ncc(C(=O)OCC)c1C(F)(F)F. The number of esters is 1. The molecule has 1 atom stereocenters. The van der Waals surface area contributed by atoms with Gasteiger partial charge in [0, 0.05) is 0 Å². The van der Waals surface area contributed by atoms with Crippen molar-refractivity contribution in [3.05, 3.63) is 17.5 Å². The number of carbonyl (C=O) groups excluding carboxylic acids is 1. The molecule has 1 heterocycles. The Morgan fingerprint density at radius 3 is 2.55 bits per heavy atom. The lowest BCUT2D eigenvalue weighted by molar-refractivity contribution is -0.145. The number of alkyl halides is 3. The zero-order valence-corrected chi connectivity index (χ0v) is 14.1. The van der Waals surface area contributed by atoms with Gasteiger partial charge in [0.15, 0.2) is 14.0 Å². The zero-order valence-electron chi connectivity index (χ0n) is 15.1. The van der Waals surface area contributed by atoms with Crippen LogP contribution in [0.3, 0.4) is 0 Å². The fourth-order valence-corrected chi connectivity index (χ4v) is 2.92. The van der Waals surface area contributed by atoms with Gasteiger partial charge in [0.25, 0.3) is 0 Å². The number of aromatic nitrogens is 2. The minimum absolute atomic E-state index is 0.108. The van der Waals surface area contributed by atoms with E-state index in [1.165, 1.54) is 13.8 Å². The van der Waals surface area contributed by atoms with Crippen molar-refractivity contribution < 1.29 is 29.9 Å². The van der Waals surface area contributed by atoms with Crippen molar-refractivity contribution in [1.82, 2.24) is 9.78 Å². The number of carbonyl (C=O) groups is 1. The van der Waals surface area contributed by atoms with Crippen molar-refractivity contribution >= 4 is 14.3 Å². The van der Waals surface area contributed by atoms with Crippen LogP contribution in [0.2, 0.25) is 19.6 Å². The predicted molar refractivity (Wildman–Crippen MR) is 77.1 cm³/mol. The first-order chi connectivity index (χ1) is 10.7. The monoisotopic (exact) mass is 340 g/mol. The van der Waals surface area contributed by atoms with Gasteiger partial charge in [0.1, 0.15) is 5.56 Å². The number of halogens is 3. The number of rotatable bonds is 6. The second kappa shape index (κ2) is 6.82. The first-order valence-electron chi connectivity index (χ1n) is 7.72. The van der Waals surface area contributed by atoms with Crippen molar-refractivity contribution in [2.24, 2.45) is 0 Å². The van der Waals surface area contributed by atoms with Crippen molar-refractivity contribution in [3.8, 4) is 0 Å². The molecule has 1 aromatic rings. The van der Waals surface area contributed by atoms with Gasteiger partial charge in [-0.25, -0.2) is 4.79 Å². The smallest absolute Gasteiger partial charge is 0.433 e. The molecule has 0 aliphatic rings. The third-order valence-corrected chi connectivity index (χ3v) is 3.43. The molecule has 9 heteroatoms. The molecule has 0 saturated heterocycles. The van der Waals surface area contributed by atoms with E-state index in [1.807, 2.05) is 0 Å². The lowest BCUT2D eigenvalue weighted by atomic mass is 10.2. The molecular formula is C13H21F3N2O3Si. The first-order valence-corrected chi connectivity index (χ1v) is 10.1. The number of hydrogen-bond acceptors (Lipinski definition) is 4. The highest BCUT2D eigenvalue weighted by atomic mass is 28.4. The standard InChI is InChI=1S/C13H21F3N2O3Si/c1-6-20-12(19)10-7-17-18(11(10)13(14,15)16)8-9(2)21-22(3,4)5/h7,9H,6,8H2,1-5H3/t9-/m0/s1/i8D2. The Labute approximate surface area is 131 Å². The van der Waals surface area contributed by atoms with Crippen molar-refractivity contribution in [3.63, 3.8) is 0 Å². The van der Waals surface area contributed by atoms with E-state index in [0.29, 0.717) is 6.20 Å². The Bertz CT molecular complexity index is 600. The molecule has 1 aromatic heterocycles. The highest BCUT2D eigenvalue weighted by molar-refractivity contribution is 6.69. The summed E-state index contributed by atoms with van der Waals surface area (Å²) < 4.78 is 66.6. The molecule has 1 rings (SSSR count). The fourth-order valence-electron chi connectivity index (χ4n) is 1.81. The van der Waals surface area contributed by atoms with Gasteiger partial charge in [-0.05, 0) is 33.5 Å². The highest BCUT2D eigenvalue weighted by Crippen LogP contribution is 2.32. The van der Waals surface area contributed by atoms with E-state index in [0.717, 1.165) is 0 Å². The van der Waals surface area contributed by atoms with Gasteiger partial charge in [-0.15, -0.1) is 0 Å². The van der Waals surface area contributed by atoms with Crippen LogP contribution >= 0.6 is 0 Å². The summed E-state index contributed by atoms with van der Waals surface area (Å²) in [4.78, 5) is 11.7. The normalized spacial score (nSPS) is 16.0. The van der Waals surface area contributed by atoms with E-state index in [1.54, 1.807) is 19.6 Å². The van der Waals surface area contributed by atoms with E-state index in [4.69, 9.17) is 7.17 Å². The molecule has 0 aliphatic heterocycles. The summed E-state index contributed by atoms with van der Waals surface area (Å²) in [7, 11) is -2.21. The lowest BCUT2D eigenvalue weighted by Crippen LogP contribution is -2.34. The van der Waals surface area contributed by atoms with Gasteiger partial charge in [0.05, 0.1) is 28.1 Å². The molecule has 0 N–H and O–H groups in total. The lowest BCUT2D eigenvalue weighted by Gasteiger charge is -2.24. The van der Waals surface area contributed by atoms with Gasteiger partial charge < -0.3 is 9.16 Å². The molecule has 0 amide bonds.